The second kappa shape index (κ2) is 4.72. The average molecular weight is 286 g/mol. The third kappa shape index (κ3) is 2.21. The van der Waals surface area contributed by atoms with Crippen LogP contribution < -0.4 is 5.43 Å². The number of hydrazone groups is 1. The van der Waals surface area contributed by atoms with Gasteiger partial charge in [-0.05, 0) is 75.7 Å². The molecule has 0 spiro atoms. The predicted octanol–water partition coefficient (Wildman–Crippen LogP) is 3.44. The molecule has 0 aliphatic heterocycles. The molecule has 5 rings (SSSR count). The van der Waals surface area contributed by atoms with Crippen LogP contribution in [0, 0.1) is 37.5 Å². The second-order valence-electron chi connectivity index (χ2n) is 7.11. The zero-order valence-electron chi connectivity index (χ0n) is 12.7. The minimum atomic E-state index is -0.148. The first kappa shape index (κ1) is 13.1. The fourth-order valence-electron chi connectivity index (χ4n) is 4.88. The summed E-state index contributed by atoms with van der Waals surface area (Å²) in [6.07, 6.45) is 6.56. The number of rotatable bonds is 2. The highest BCUT2D eigenvalue weighted by molar-refractivity contribution is 5.97. The van der Waals surface area contributed by atoms with Crippen molar-refractivity contribution in [2.24, 2.45) is 28.8 Å². The lowest BCUT2D eigenvalue weighted by atomic mass is 9.55. The van der Waals surface area contributed by atoms with Gasteiger partial charge in [-0.1, -0.05) is 0 Å². The van der Waals surface area contributed by atoms with Gasteiger partial charge in [0.15, 0.2) is 0 Å². The van der Waals surface area contributed by atoms with E-state index in [0.29, 0.717) is 23.2 Å². The van der Waals surface area contributed by atoms with Crippen LogP contribution in [0.5, 0.6) is 0 Å². The number of carbonyl (C=O) groups excluding carboxylic acids is 1. The van der Waals surface area contributed by atoms with Crippen LogP contribution in [0.25, 0.3) is 0 Å². The van der Waals surface area contributed by atoms with E-state index < -0.39 is 0 Å². The molecule has 4 bridgehead atoms. The van der Waals surface area contributed by atoms with E-state index in [4.69, 9.17) is 4.42 Å². The van der Waals surface area contributed by atoms with Crippen LogP contribution in [0.1, 0.15) is 54.0 Å². The van der Waals surface area contributed by atoms with Crippen LogP contribution in [-0.4, -0.2) is 11.6 Å². The van der Waals surface area contributed by atoms with Crippen LogP contribution in [0.3, 0.4) is 0 Å². The maximum Gasteiger partial charge on any atom is 0.274 e. The third-order valence-electron chi connectivity index (χ3n) is 5.55. The highest BCUT2D eigenvalue weighted by atomic mass is 16.3. The standard InChI is InChI=1S/C17H22N2O2/c1-9-3-15(10(2)21-9)17(20)19-18-16-13-5-11-4-12(7-13)8-14(16)6-11/h3,11-14H,4-8H2,1-2H3,(H,19,20). The molecule has 4 nitrogen and oxygen atoms in total. The van der Waals surface area contributed by atoms with Gasteiger partial charge in [0.05, 0.1) is 5.56 Å². The molecule has 112 valence electrons. The fraction of sp³-hybridized carbons (Fsp3) is 0.647. The summed E-state index contributed by atoms with van der Waals surface area (Å²) in [7, 11) is 0. The van der Waals surface area contributed by atoms with Crippen LogP contribution >= 0.6 is 0 Å². The molecule has 1 aromatic heterocycles. The van der Waals surface area contributed by atoms with E-state index in [1.807, 2.05) is 13.8 Å². The van der Waals surface area contributed by atoms with Crippen molar-refractivity contribution in [1.82, 2.24) is 5.43 Å². The van der Waals surface area contributed by atoms with Gasteiger partial charge in [0.1, 0.15) is 11.5 Å². The Morgan fingerprint density at radius 2 is 1.76 bits per heavy atom. The number of nitrogens with zero attached hydrogens (tertiary/aromatic N) is 1. The summed E-state index contributed by atoms with van der Waals surface area (Å²) >= 11 is 0. The average Bonchev–Trinajstić information content (AvgIpc) is 2.76. The molecule has 1 heterocycles. The number of furan rings is 1. The monoisotopic (exact) mass is 286 g/mol. The highest BCUT2D eigenvalue weighted by Crippen LogP contribution is 2.52. The summed E-state index contributed by atoms with van der Waals surface area (Å²) in [6.45, 7) is 3.67. The topological polar surface area (TPSA) is 54.6 Å². The summed E-state index contributed by atoms with van der Waals surface area (Å²) in [4.78, 5) is 12.2. The maximum atomic E-state index is 12.2. The van der Waals surface area contributed by atoms with Gasteiger partial charge in [0.2, 0.25) is 0 Å². The molecular weight excluding hydrogens is 264 g/mol. The van der Waals surface area contributed by atoms with Gasteiger partial charge in [0.25, 0.3) is 5.91 Å². The van der Waals surface area contributed by atoms with Crippen molar-refractivity contribution in [2.45, 2.75) is 46.0 Å². The number of carbonyl (C=O) groups is 1. The van der Waals surface area contributed by atoms with E-state index in [1.165, 1.54) is 37.8 Å². The molecule has 1 aromatic rings. The second-order valence-corrected chi connectivity index (χ2v) is 7.11. The normalized spacial score (nSPS) is 33.3. The summed E-state index contributed by atoms with van der Waals surface area (Å²) in [5, 5.41) is 4.52. The van der Waals surface area contributed by atoms with Gasteiger partial charge in [-0.3, -0.25) is 4.79 Å². The number of hydrogen-bond acceptors (Lipinski definition) is 3. The zero-order valence-corrected chi connectivity index (χ0v) is 12.7. The summed E-state index contributed by atoms with van der Waals surface area (Å²) in [5.41, 5.74) is 4.63. The largest absolute Gasteiger partial charge is 0.466 e. The molecule has 0 saturated heterocycles. The molecule has 4 heteroatoms. The van der Waals surface area contributed by atoms with E-state index >= 15 is 0 Å². The third-order valence-corrected chi connectivity index (χ3v) is 5.55. The molecule has 4 aliphatic carbocycles. The van der Waals surface area contributed by atoms with Crippen LogP contribution in [-0.2, 0) is 0 Å². The Morgan fingerprint density at radius 1 is 1.14 bits per heavy atom. The van der Waals surface area contributed by atoms with Gasteiger partial charge in [0, 0.05) is 5.71 Å². The SMILES string of the molecule is Cc1cc(C(=O)NN=C2C3CC4CC(C3)CC2C4)c(C)o1. The molecule has 1 N–H and O–H groups in total. The summed E-state index contributed by atoms with van der Waals surface area (Å²) in [5.74, 6) is 4.35. The summed E-state index contributed by atoms with van der Waals surface area (Å²) < 4.78 is 5.41. The van der Waals surface area contributed by atoms with Gasteiger partial charge < -0.3 is 4.42 Å². The van der Waals surface area contributed by atoms with E-state index in [9.17, 15) is 4.79 Å². The first-order valence-electron chi connectivity index (χ1n) is 8.05. The van der Waals surface area contributed by atoms with Crippen LogP contribution in [0.4, 0.5) is 0 Å². The van der Waals surface area contributed by atoms with Crippen LogP contribution in [0.15, 0.2) is 15.6 Å². The van der Waals surface area contributed by atoms with Crippen LogP contribution in [0.2, 0.25) is 0 Å². The van der Waals surface area contributed by atoms with Crippen molar-refractivity contribution < 1.29 is 9.21 Å². The molecule has 0 unspecified atom stereocenters. The Labute approximate surface area is 125 Å². The quantitative estimate of drug-likeness (QED) is 0.847. The van der Waals surface area contributed by atoms with E-state index in [2.05, 4.69) is 10.5 Å². The molecule has 1 amide bonds. The van der Waals surface area contributed by atoms with Gasteiger partial charge in [-0.2, -0.15) is 5.10 Å². The highest BCUT2D eigenvalue weighted by Gasteiger charge is 2.46. The Balaban J connectivity index is 1.51. The van der Waals surface area contributed by atoms with Crippen molar-refractivity contribution in [3.63, 3.8) is 0 Å². The lowest BCUT2D eigenvalue weighted by Crippen LogP contribution is -2.46. The minimum absolute atomic E-state index is 0.148. The van der Waals surface area contributed by atoms with Crippen molar-refractivity contribution in [1.29, 1.82) is 0 Å². The molecule has 4 aliphatic rings. The van der Waals surface area contributed by atoms with E-state index in [0.717, 1.165) is 17.6 Å². The molecule has 4 saturated carbocycles. The summed E-state index contributed by atoms with van der Waals surface area (Å²) in [6, 6.07) is 1.78. The zero-order chi connectivity index (χ0) is 14.6. The molecule has 0 radical (unpaired) electrons. The smallest absolute Gasteiger partial charge is 0.274 e. The Kier molecular flexibility index (Phi) is 2.95. The lowest BCUT2D eigenvalue weighted by Gasteiger charge is -2.50. The van der Waals surface area contributed by atoms with Crippen molar-refractivity contribution in [3.05, 3.63) is 23.2 Å². The van der Waals surface area contributed by atoms with E-state index in [1.54, 1.807) is 6.07 Å². The Morgan fingerprint density at radius 3 is 2.29 bits per heavy atom. The van der Waals surface area contributed by atoms with Crippen molar-refractivity contribution in [2.75, 3.05) is 0 Å². The van der Waals surface area contributed by atoms with E-state index in [-0.39, 0.29) is 5.91 Å². The molecule has 21 heavy (non-hydrogen) atoms. The predicted molar refractivity (Wildman–Crippen MR) is 80.1 cm³/mol. The molecule has 0 aromatic carbocycles. The molecule has 0 atom stereocenters. The number of amides is 1. The number of hydrogen-bond donors (Lipinski definition) is 1. The van der Waals surface area contributed by atoms with Crippen molar-refractivity contribution in [3.8, 4) is 0 Å². The molecule has 4 fully saturated rings. The van der Waals surface area contributed by atoms with Gasteiger partial charge in [-0.25, -0.2) is 5.43 Å². The Hall–Kier alpha value is -1.58. The molecular formula is C17H22N2O2. The van der Waals surface area contributed by atoms with Gasteiger partial charge in [-0.15, -0.1) is 0 Å². The lowest BCUT2D eigenvalue weighted by molar-refractivity contribution is 0.0941. The minimum Gasteiger partial charge on any atom is -0.466 e. The Bertz CT molecular complexity index is 584. The maximum absolute atomic E-state index is 12.2. The van der Waals surface area contributed by atoms with Gasteiger partial charge >= 0.3 is 0 Å². The number of nitrogens with one attached hydrogen (secondary N) is 1. The first-order chi connectivity index (χ1) is 10.1. The van der Waals surface area contributed by atoms with Crippen molar-refractivity contribution >= 4 is 11.6 Å². The first-order valence-corrected chi connectivity index (χ1v) is 8.05. The number of aryl methyl sites for hydroxylation is 2. The fourth-order valence-corrected chi connectivity index (χ4v) is 4.88.